The summed E-state index contributed by atoms with van der Waals surface area (Å²) < 4.78 is 2.56. The Balaban J connectivity index is 1.25. The normalized spacial score (nSPS) is 24.4. The van der Waals surface area contributed by atoms with Crippen LogP contribution in [0.25, 0.3) is 30.4 Å². The fourth-order valence-corrected chi connectivity index (χ4v) is 11.2. The summed E-state index contributed by atoms with van der Waals surface area (Å²) in [5, 5.41) is 27.1. The Kier molecular flexibility index (Phi) is 16.6. The van der Waals surface area contributed by atoms with Crippen molar-refractivity contribution in [1.29, 1.82) is 0 Å². The van der Waals surface area contributed by atoms with Crippen LogP contribution in [0.5, 0.6) is 0 Å². The number of carbonyl (C=O) groups excluding carboxylic acids is 8. The molecule has 0 spiro atoms. The third kappa shape index (κ3) is 12.4. The molecule has 366 valence electrons. The molecule has 0 saturated carbocycles. The molecule has 0 bridgehead atoms. The van der Waals surface area contributed by atoms with Crippen LogP contribution in [-0.4, -0.2) is 116 Å². The smallest absolute Gasteiger partial charge is 0.246 e. The van der Waals surface area contributed by atoms with Gasteiger partial charge in [0.15, 0.2) is 0 Å². The molecule has 23 heteroatoms. The van der Waals surface area contributed by atoms with Crippen molar-refractivity contribution in [3.63, 3.8) is 0 Å². The molecule has 1 aromatic carbocycles. The molecule has 0 radical (unpaired) electrons. The van der Waals surface area contributed by atoms with Crippen molar-refractivity contribution in [1.82, 2.24) is 46.5 Å². The number of nitrogens with zero attached hydrogens (tertiary/aromatic N) is 4. The van der Waals surface area contributed by atoms with Crippen molar-refractivity contribution >= 4 is 91.4 Å². The number of nitrogens with two attached hydrogens (primary N) is 3. The van der Waals surface area contributed by atoms with Gasteiger partial charge in [0, 0.05) is 40.4 Å². The van der Waals surface area contributed by atoms with E-state index < -0.39 is 108 Å². The molecule has 2 fully saturated rings. The Morgan fingerprint density at radius 3 is 2.35 bits per heavy atom. The lowest BCUT2D eigenvalue weighted by molar-refractivity contribution is -0.143. The number of benzene rings is 1. The predicted molar refractivity (Wildman–Crippen MR) is 261 cm³/mol. The van der Waals surface area contributed by atoms with Crippen molar-refractivity contribution in [2.75, 3.05) is 13.1 Å². The maximum Gasteiger partial charge on any atom is 0.246 e. The van der Waals surface area contributed by atoms with E-state index in [1.165, 1.54) is 16.2 Å². The summed E-state index contributed by atoms with van der Waals surface area (Å²) in [6.45, 7) is 3.60. The van der Waals surface area contributed by atoms with Crippen LogP contribution in [0, 0.1) is 5.92 Å². The first kappa shape index (κ1) is 50.3. The largest absolute Gasteiger partial charge is 0.370 e. The summed E-state index contributed by atoms with van der Waals surface area (Å²) in [5.41, 5.74) is 18.7. The van der Waals surface area contributed by atoms with Crippen LogP contribution in [0.15, 0.2) is 65.5 Å². The van der Waals surface area contributed by atoms with Gasteiger partial charge in [0.25, 0.3) is 0 Å². The molecule has 2 aliphatic heterocycles. The van der Waals surface area contributed by atoms with E-state index >= 15 is 4.79 Å². The molecule has 6 heterocycles. The van der Waals surface area contributed by atoms with Crippen LogP contribution >= 0.6 is 34.0 Å². The fraction of sp³-hybridized carbons (Fsp3) is 0.435. The van der Waals surface area contributed by atoms with Crippen molar-refractivity contribution in [3.05, 3.63) is 71.1 Å². The Labute approximate surface area is 409 Å². The molecule has 8 amide bonds. The minimum Gasteiger partial charge on any atom is -0.370 e. The maximum absolute atomic E-state index is 15.1. The molecule has 69 heavy (non-hydrogen) atoms. The van der Waals surface area contributed by atoms with Gasteiger partial charge in [-0.3, -0.25) is 38.4 Å². The number of hydrogen-bond donors (Lipinski definition) is 8. The quantitative estimate of drug-likeness (QED) is 0.0996. The number of amides is 8. The first-order valence-electron chi connectivity index (χ1n) is 22.7. The van der Waals surface area contributed by atoms with E-state index in [0.717, 1.165) is 30.3 Å². The minimum absolute atomic E-state index is 0.0184. The van der Waals surface area contributed by atoms with E-state index in [1.807, 2.05) is 59.3 Å². The van der Waals surface area contributed by atoms with Crippen LogP contribution < -0.4 is 43.8 Å². The van der Waals surface area contributed by atoms with Gasteiger partial charge in [-0.1, -0.05) is 49.7 Å². The highest BCUT2D eigenvalue weighted by Crippen LogP contribution is 2.37. The third-order valence-corrected chi connectivity index (χ3v) is 15.6. The predicted octanol–water partition coefficient (Wildman–Crippen LogP) is 1.70. The summed E-state index contributed by atoms with van der Waals surface area (Å²) >= 11 is 4.63. The summed E-state index contributed by atoms with van der Waals surface area (Å²) in [6, 6.07) is 7.04. The van der Waals surface area contributed by atoms with Crippen LogP contribution in [0.2, 0.25) is 0 Å². The lowest BCUT2D eigenvalue weighted by Crippen LogP contribution is -2.60. The lowest BCUT2D eigenvalue weighted by atomic mass is 9.96. The molecular weight excluding hydrogens is 945 g/mol. The van der Waals surface area contributed by atoms with E-state index in [1.54, 1.807) is 47.4 Å². The highest BCUT2D eigenvalue weighted by atomic mass is 32.1. The SMILES string of the molecule is CC[C@H](C)[C@@H]1NC(=O)[C@H](CC(N)=O)NC(=O)[C@@H](N)CC(=O)NCCCC[C@@H](C(N)=O)NC(=O)[C@H](Cc2csc3ccccc23)NC(=O)[C@@H]2C[C@H](n3cc(-c4ccc(-c5cccs5)s4)nn3)CN2C1=O. The highest BCUT2D eigenvalue weighted by Gasteiger charge is 2.45. The van der Waals surface area contributed by atoms with E-state index in [-0.39, 0.29) is 32.4 Å². The molecule has 2 aliphatic rings. The van der Waals surface area contributed by atoms with Gasteiger partial charge < -0.3 is 48.7 Å². The van der Waals surface area contributed by atoms with Crippen molar-refractivity contribution in [2.24, 2.45) is 23.1 Å². The van der Waals surface area contributed by atoms with Gasteiger partial charge in [-0.05, 0) is 71.2 Å². The second kappa shape index (κ2) is 22.7. The average Bonchev–Trinajstić information content (AvgIpc) is 4.19. The molecule has 5 aromatic rings. The van der Waals surface area contributed by atoms with Crippen molar-refractivity contribution in [2.45, 2.75) is 108 Å². The van der Waals surface area contributed by atoms with Gasteiger partial charge in [0.05, 0.1) is 36.0 Å². The molecule has 0 aliphatic carbocycles. The zero-order valence-electron chi connectivity index (χ0n) is 38.1. The second-order valence-corrected chi connectivity index (χ2v) is 20.3. The van der Waals surface area contributed by atoms with Gasteiger partial charge in [0.2, 0.25) is 47.3 Å². The number of aromatic nitrogens is 3. The van der Waals surface area contributed by atoms with Crippen LogP contribution in [0.4, 0.5) is 0 Å². The minimum atomic E-state index is -1.58. The molecule has 2 saturated heterocycles. The molecule has 4 aromatic heterocycles. The molecule has 8 atom stereocenters. The van der Waals surface area contributed by atoms with Crippen molar-refractivity contribution in [3.8, 4) is 20.3 Å². The molecule has 11 N–H and O–H groups in total. The standard InChI is InChI=1S/C46H56N12O8S3/c1-3-24(2)40-46(66)57-21-26(58-22-32(55-56-58)35-13-14-37(69-35)36-12-8-16-67-36)18-33(57)45(65)53-30(17-25-23-68-34-11-5-4-9-27(25)34)43(63)51-29(41(49)61)10-6-7-15-50-39(60)19-28(47)42(62)52-31(20-38(48)59)44(64)54-40/h4-5,8-9,11-14,16,22-24,26,28-31,33,40H,3,6-7,10,15,17-21,47H2,1-2H3,(H2,48,59)(H2,49,61)(H,50,60)(H,51,63)(H,52,62)(H,53,65)(H,54,64)/t24-,26-,28-,29-,30-,31-,33-,40-/m0/s1. The number of carbonyl (C=O) groups is 8. The number of rotatable bonds is 10. The van der Waals surface area contributed by atoms with Gasteiger partial charge >= 0.3 is 0 Å². The number of fused-ring (bicyclic) bond motifs is 2. The van der Waals surface area contributed by atoms with Crippen LogP contribution in [0.3, 0.4) is 0 Å². The van der Waals surface area contributed by atoms with Gasteiger partial charge in [-0.15, -0.1) is 39.1 Å². The molecular formula is C46H56N12O8S3. The van der Waals surface area contributed by atoms with Gasteiger partial charge in [-0.2, -0.15) is 0 Å². The van der Waals surface area contributed by atoms with Crippen LogP contribution in [-0.2, 0) is 44.8 Å². The molecule has 20 nitrogen and oxygen atoms in total. The Bertz CT molecular complexity index is 2680. The summed E-state index contributed by atoms with van der Waals surface area (Å²) in [5.74, 6) is -6.74. The molecule has 7 rings (SSSR count). The van der Waals surface area contributed by atoms with Crippen LogP contribution in [0.1, 0.15) is 70.4 Å². The van der Waals surface area contributed by atoms with E-state index in [0.29, 0.717) is 25.0 Å². The lowest BCUT2D eigenvalue weighted by Gasteiger charge is -2.33. The van der Waals surface area contributed by atoms with E-state index in [4.69, 9.17) is 17.2 Å². The zero-order valence-corrected chi connectivity index (χ0v) is 40.5. The maximum atomic E-state index is 15.1. The molecule has 0 unspecified atom stereocenters. The summed E-state index contributed by atoms with van der Waals surface area (Å²) in [6.07, 6.45) is 1.83. The van der Waals surface area contributed by atoms with Gasteiger partial charge in [0.1, 0.15) is 35.9 Å². The van der Waals surface area contributed by atoms with E-state index in [9.17, 15) is 33.6 Å². The zero-order chi connectivity index (χ0) is 49.4. The fourth-order valence-electron chi connectivity index (χ4n) is 8.41. The Morgan fingerprint density at radius 2 is 1.61 bits per heavy atom. The van der Waals surface area contributed by atoms with Crippen molar-refractivity contribution < 1.29 is 38.4 Å². The first-order valence-corrected chi connectivity index (χ1v) is 25.3. The topological polar surface area (TPSA) is 309 Å². The summed E-state index contributed by atoms with van der Waals surface area (Å²) in [4.78, 5) is 114. The number of hydrogen-bond acceptors (Lipinski definition) is 14. The number of thiophene rings is 3. The average molecular weight is 1000 g/mol. The number of primary amides is 2. The highest BCUT2D eigenvalue weighted by molar-refractivity contribution is 7.23. The Hall–Kier alpha value is -6.56. The van der Waals surface area contributed by atoms with Gasteiger partial charge in [-0.25, -0.2) is 4.68 Å². The summed E-state index contributed by atoms with van der Waals surface area (Å²) in [7, 11) is 0. The third-order valence-electron chi connectivity index (χ3n) is 12.4. The first-order chi connectivity index (χ1) is 33.1. The Morgan fingerprint density at radius 1 is 0.855 bits per heavy atom. The second-order valence-electron chi connectivity index (χ2n) is 17.4. The number of nitrogens with one attached hydrogen (secondary N) is 5. The van der Waals surface area contributed by atoms with E-state index in [2.05, 4.69) is 36.9 Å². The monoisotopic (exact) mass is 1000 g/mol.